The fraction of sp³-hybridized carbons (Fsp3) is 0.235. The highest BCUT2D eigenvalue weighted by Crippen LogP contribution is 2.30. The molecule has 2 heterocycles. The molecule has 3 aromatic rings. The van der Waals surface area contributed by atoms with E-state index in [1.54, 1.807) is 7.11 Å². The molecule has 1 N–H and O–H groups in total. The van der Waals surface area contributed by atoms with Crippen molar-refractivity contribution in [2.75, 3.05) is 7.11 Å². The van der Waals surface area contributed by atoms with Crippen LogP contribution >= 0.6 is 11.3 Å². The molecule has 7 heteroatoms. The lowest BCUT2D eigenvalue weighted by molar-refractivity contribution is -0.119. The third kappa shape index (κ3) is 3.46. The van der Waals surface area contributed by atoms with E-state index in [1.165, 1.54) is 18.3 Å². The van der Waals surface area contributed by atoms with Crippen LogP contribution in [0.25, 0.3) is 22.2 Å². The van der Waals surface area contributed by atoms with Gasteiger partial charge in [0, 0.05) is 17.4 Å². The zero-order valence-electron chi connectivity index (χ0n) is 13.6. The first-order chi connectivity index (χ1) is 11.6. The zero-order valence-corrected chi connectivity index (χ0v) is 14.4. The maximum absolute atomic E-state index is 11.0. The predicted molar refractivity (Wildman–Crippen MR) is 91.9 cm³/mol. The van der Waals surface area contributed by atoms with Gasteiger partial charge in [-0.1, -0.05) is 5.16 Å². The molecule has 1 amide bonds. The van der Waals surface area contributed by atoms with Gasteiger partial charge in [0.15, 0.2) is 0 Å². The molecule has 2 aromatic heterocycles. The maximum atomic E-state index is 11.0. The van der Waals surface area contributed by atoms with Crippen LogP contribution in [0.5, 0.6) is 5.75 Å². The Morgan fingerprint density at radius 1 is 1.33 bits per heavy atom. The van der Waals surface area contributed by atoms with Crippen LogP contribution in [0, 0.1) is 6.92 Å². The lowest BCUT2D eigenvalue weighted by atomic mass is 10.1. The minimum absolute atomic E-state index is 0.0539. The highest BCUT2D eigenvalue weighted by atomic mass is 32.1. The molecule has 24 heavy (non-hydrogen) atoms. The van der Waals surface area contributed by atoms with Crippen molar-refractivity contribution in [3.63, 3.8) is 0 Å². The third-order valence-electron chi connectivity index (χ3n) is 3.48. The molecule has 1 aromatic carbocycles. The SMILES string of the molecule is COc1ccc(-c2nc(-c3ccc(CNC(C)=O)s3)no2)c(C)c1. The van der Waals surface area contributed by atoms with E-state index in [0.717, 1.165) is 26.6 Å². The first-order valence-electron chi connectivity index (χ1n) is 7.39. The van der Waals surface area contributed by atoms with E-state index in [0.29, 0.717) is 18.3 Å². The number of amides is 1. The second-order valence-corrected chi connectivity index (χ2v) is 6.45. The molecule has 0 unspecified atom stereocenters. The summed E-state index contributed by atoms with van der Waals surface area (Å²) < 4.78 is 10.6. The van der Waals surface area contributed by atoms with Crippen molar-refractivity contribution < 1.29 is 14.1 Å². The lowest BCUT2D eigenvalue weighted by Gasteiger charge is -2.03. The number of benzene rings is 1. The normalized spacial score (nSPS) is 10.6. The van der Waals surface area contributed by atoms with Crippen LogP contribution in [-0.4, -0.2) is 23.2 Å². The van der Waals surface area contributed by atoms with Crippen LogP contribution < -0.4 is 10.1 Å². The molecule has 3 rings (SSSR count). The number of carbonyl (C=O) groups is 1. The molecule has 0 aliphatic rings. The van der Waals surface area contributed by atoms with Gasteiger partial charge in [-0.2, -0.15) is 4.98 Å². The Labute approximate surface area is 143 Å². The first kappa shape index (κ1) is 16.2. The minimum Gasteiger partial charge on any atom is -0.497 e. The number of ether oxygens (including phenoxy) is 1. The molecule has 0 aliphatic heterocycles. The summed E-state index contributed by atoms with van der Waals surface area (Å²) in [6.45, 7) is 3.97. The van der Waals surface area contributed by atoms with Crippen LogP contribution in [0.4, 0.5) is 0 Å². The van der Waals surface area contributed by atoms with E-state index in [1.807, 2.05) is 37.3 Å². The van der Waals surface area contributed by atoms with Crippen LogP contribution in [0.15, 0.2) is 34.9 Å². The summed E-state index contributed by atoms with van der Waals surface area (Å²) in [5, 5.41) is 6.83. The summed E-state index contributed by atoms with van der Waals surface area (Å²) in [7, 11) is 1.63. The number of hydrogen-bond acceptors (Lipinski definition) is 6. The Morgan fingerprint density at radius 3 is 2.88 bits per heavy atom. The summed E-state index contributed by atoms with van der Waals surface area (Å²) in [6.07, 6.45) is 0. The molecular weight excluding hydrogens is 326 g/mol. The van der Waals surface area contributed by atoms with E-state index in [4.69, 9.17) is 9.26 Å². The molecule has 6 nitrogen and oxygen atoms in total. The van der Waals surface area contributed by atoms with Gasteiger partial charge < -0.3 is 14.6 Å². The Hall–Kier alpha value is -2.67. The van der Waals surface area contributed by atoms with Crippen LogP contribution in [0.3, 0.4) is 0 Å². The fourth-order valence-electron chi connectivity index (χ4n) is 2.24. The highest BCUT2D eigenvalue weighted by Gasteiger charge is 2.14. The zero-order chi connectivity index (χ0) is 17.1. The average Bonchev–Trinajstić information content (AvgIpc) is 3.21. The van der Waals surface area contributed by atoms with Crippen LogP contribution in [0.2, 0.25) is 0 Å². The summed E-state index contributed by atoms with van der Waals surface area (Å²) >= 11 is 1.53. The summed E-state index contributed by atoms with van der Waals surface area (Å²) in [5.74, 6) is 1.75. The Kier molecular flexibility index (Phi) is 4.61. The molecule has 0 saturated heterocycles. The van der Waals surface area contributed by atoms with Gasteiger partial charge in [-0.15, -0.1) is 11.3 Å². The van der Waals surface area contributed by atoms with Crippen molar-refractivity contribution >= 4 is 17.2 Å². The van der Waals surface area contributed by atoms with Crippen LogP contribution in [0.1, 0.15) is 17.4 Å². The number of carbonyl (C=O) groups excluding carboxylic acids is 1. The van der Waals surface area contributed by atoms with Gasteiger partial charge in [-0.05, 0) is 42.8 Å². The Bertz CT molecular complexity index is 870. The van der Waals surface area contributed by atoms with Gasteiger partial charge in [0.1, 0.15) is 5.75 Å². The number of aryl methyl sites for hydroxylation is 1. The number of thiophene rings is 1. The highest BCUT2D eigenvalue weighted by molar-refractivity contribution is 7.15. The smallest absolute Gasteiger partial charge is 0.258 e. The summed E-state index contributed by atoms with van der Waals surface area (Å²) in [4.78, 5) is 17.4. The molecule has 124 valence electrons. The van der Waals surface area contributed by atoms with E-state index in [2.05, 4.69) is 15.5 Å². The molecule has 0 aliphatic carbocycles. The van der Waals surface area contributed by atoms with Crippen molar-refractivity contribution in [1.82, 2.24) is 15.5 Å². The molecular formula is C17H17N3O3S. The largest absolute Gasteiger partial charge is 0.497 e. The monoisotopic (exact) mass is 343 g/mol. The quantitative estimate of drug-likeness (QED) is 0.768. The number of nitrogens with one attached hydrogen (secondary N) is 1. The third-order valence-corrected chi connectivity index (χ3v) is 4.56. The maximum Gasteiger partial charge on any atom is 0.258 e. The predicted octanol–water partition coefficient (Wildman–Crippen LogP) is 3.42. The molecule has 0 atom stereocenters. The average molecular weight is 343 g/mol. The van der Waals surface area contributed by atoms with Gasteiger partial charge in [0.2, 0.25) is 11.7 Å². The van der Waals surface area contributed by atoms with Crippen molar-refractivity contribution in [2.45, 2.75) is 20.4 Å². The number of methoxy groups -OCH3 is 1. The lowest BCUT2D eigenvalue weighted by Crippen LogP contribution is -2.17. The summed E-state index contributed by atoms with van der Waals surface area (Å²) in [6, 6.07) is 9.57. The van der Waals surface area contributed by atoms with Crippen molar-refractivity contribution in [2.24, 2.45) is 0 Å². The number of rotatable bonds is 5. The number of nitrogens with zero attached hydrogens (tertiary/aromatic N) is 2. The molecule has 0 fully saturated rings. The van der Waals surface area contributed by atoms with Gasteiger partial charge in [-0.3, -0.25) is 4.79 Å². The van der Waals surface area contributed by atoms with Crippen LogP contribution in [-0.2, 0) is 11.3 Å². The first-order valence-corrected chi connectivity index (χ1v) is 8.20. The van der Waals surface area contributed by atoms with Gasteiger partial charge in [-0.25, -0.2) is 0 Å². The number of hydrogen-bond donors (Lipinski definition) is 1. The second kappa shape index (κ2) is 6.84. The van der Waals surface area contributed by atoms with Crippen molar-refractivity contribution in [1.29, 1.82) is 0 Å². The van der Waals surface area contributed by atoms with E-state index in [-0.39, 0.29) is 5.91 Å². The van der Waals surface area contributed by atoms with E-state index < -0.39 is 0 Å². The Morgan fingerprint density at radius 2 is 2.17 bits per heavy atom. The topological polar surface area (TPSA) is 77.2 Å². The van der Waals surface area contributed by atoms with E-state index in [9.17, 15) is 4.79 Å². The number of aromatic nitrogens is 2. The van der Waals surface area contributed by atoms with Gasteiger partial charge >= 0.3 is 0 Å². The Balaban J connectivity index is 1.82. The van der Waals surface area contributed by atoms with Gasteiger partial charge in [0.05, 0.1) is 18.5 Å². The standard InChI is InChI=1S/C17H17N3O3S/c1-10-8-12(22-3)4-6-14(10)17-19-16(20-23-17)15-7-5-13(24-15)9-18-11(2)21/h4-8H,9H2,1-3H3,(H,18,21). The molecule has 0 radical (unpaired) electrons. The minimum atomic E-state index is -0.0539. The van der Waals surface area contributed by atoms with Crippen molar-refractivity contribution in [3.05, 3.63) is 40.8 Å². The fourth-order valence-corrected chi connectivity index (χ4v) is 3.11. The van der Waals surface area contributed by atoms with E-state index >= 15 is 0 Å². The summed E-state index contributed by atoms with van der Waals surface area (Å²) in [5.41, 5.74) is 1.88. The molecule has 0 bridgehead atoms. The molecule has 0 saturated carbocycles. The van der Waals surface area contributed by atoms with Crippen molar-refractivity contribution in [3.8, 4) is 27.9 Å². The van der Waals surface area contributed by atoms with Gasteiger partial charge in [0.25, 0.3) is 5.89 Å². The second-order valence-electron chi connectivity index (χ2n) is 5.28. The molecule has 0 spiro atoms.